The van der Waals surface area contributed by atoms with Crippen molar-refractivity contribution in [2.75, 3.05) is 0 Å². The molecule has 6 aromatic rings. The fourth-order valence-electron chi connectivity index (χ4n) is 6.47. The molecule has 0 spiro atoms. The van der Waals surface area contributed by atoms with Gasteiger partial charge in [-0.25, -0.2) is 9.36 Å². The van der Waals surface area contributed by atoms with Gasteiger partial charge in [0.2, 0.25) is 0 Å². The quantitative estimate of drug-likeness (QED) is 0.132. The van der Waals surface area contributed by atoms with E-state index in [9.17, 15) is 0 Å². The fraction of sp³-hybridized carbons (Fsp3) is 0.286. The van der Waals surface area contributed by atoms with Gasteiger partial charge in [-0.05, 0) is 81.3 Å². The standard InChI is InChI=1S/C42H46N4O.Pd/c1-27(2)37-17-11-18-38(28(3)4)41(37)31-23-43-45(25-31)33-13-9-15-35(21-33)47-36-16-10-14-34(22-36)46-26-32(24-44-46)42-39(29(5)6)19-12-20-40(42)30(7)8;/h9-30H,1-8H3;/q;+2. The monoisotopic (exact) mass is 728 g/mol. The van der Waals surface area contributed by atoms with Gasteiger partial charge in [0.05, 0.1) is 23.8 Å². The van der Waals surface area contributed by atoms with Crippen LogP contribution in [0.15, 0.2) is 110 Å². The molecule has 0 amide bonds. The molecule has 48 heavy (non-hydrogen) atoms. The molecule has 0 aliphatic carbocycles. The second-order valence-electron chi connectivity index (χ2n) is 13.7. The molecule has 6 heteroatoms. The number of rotatable bonds is 10. The van der Waals surface area contributed by atoms with Crippen molar-refractivity contribution in [1.82, 2.24) is 19.6 Å². The minimum atomic E-state index is 0. The third kappa shape index (κ3) is 7.26. The molecule has 248 valence electrons. The summed E-state index contributed by atoms with van der Waals surface area (Å²) < 4.78 is 10.3. The molecule has 0 aliphatic heterocycles. The number of hydrogen-bond donors (Lipinski definition) is 0. The SMILES string of the molecule is CC(C)c1cccc(C(C)C)c1-c1cnn(-c2cccc(Oc3cccc(-n4cc(-c5c(C(C)C)cccc5C(C)C)cn4)c3)c2)c1.[Pd+2]. The van der Waals surface area contributed by atoms with E-state index >= 15 is 0 Å². The summed E-state index contributed by atoms with van der Waals surface area (Å²) in [6, 6.07) is 29.5. The van der Waals surface area contributed by atoms with Crippen LogP contribution < -0.4 is 4.74 Å². The maximum Gasteiger partial charge on any atom is 2.00 e. The van der Waals surface area contributed by atoms with Crippen molar-refractivity contribution in [2.45, 2.75) is 79.1 Å². The summed E-state index contributed by atoms with van der Waals surface area (Å²) in [4.78, 5) is 0. The van der Waals surface area contributed by atoms with E-state index in [1.54, 1.807) is 0 Å². The maximum absolute atomic E-state index is 6.41. The van der Waals surface area contributed by atoms with Gasteiger partial charge in [-0.3, -0.25) is 0 Å². The predicted molar refractivity (Wildman–Crippen MR) is 194 cm³/mol. The van der Waals surface area contributed by atoms with Crippen LogP contribution in [0.4, 0.5) is 0 Å². The fourth-order valence-corrected chi connectivity index (χ4v) is 6.47. The Bertz CT molecular complexity index is 1800. The number of hydrogen-bond acceptors (Lipinski definition) is 3. The van der Waals surface area contributed by atoms with Crippen molar-refractivity contribution in [2.24, 2.45) is 0 Å². The molecule has 0 bridgehead atoms. The molecule has 0 radical (unpaired) electrons. The molecule has 0 N–H and O–H groups in total. The smallest absolute Gasteiger partial charge is 0.457 e. The van der Waals surface area contributed by atoms with Gasteiger partial charge in [-0.2, -0.15) is 10.2 Å². The van der Waals surface area contributed by atoms with Gasteiger partial charge in [-0.15, -0.1) is 0 Å². The van der Waals surface area contributed by atoms with E-state index in [1.165, 1.54) is 33.4 Å². The van der Waals surface area contributed by atoms with Crippen molar-refractivity contribution in [3.63, 3.8) is 0 Å². The second-order valence-corrected chi connectivity index (χ2v) is 13.7. The normalized spacial score (nSPS) is 11.5. The molecule has 0 saturated heterocycles. The number of benzene rings is 4. The van der Waals surface area contributed by atoms with E-state index in [0.29, 0.717) is 23.7 Å². The van der Waals surface area contributed by atoms with Crippen LogP contribution in [0.5, 0.6) is 11.5 Å². The van der Waals surface area contributed by atoms with Crippen LogP contribution >= 0.6 is 0 Å². The molecule has 0 fully saturated rings. The zero-order valence-electron chi connectivity index (χ0n) is 29.2. The van der Waals surface area contributed by atoms with E-state index in [-0.39, 0.29) is 20.4 Å². The molecule has 5 nitrogen and oxygen atoms in total. The van der Waals surface area contributed by atoms with E-state index in [0.717, 1.165) is 34.0 Å². The van der Waals surface area contributed by atoms with Crippen molar-refractivity contribution < 1.29 is 25.2 Å². The van der Waals surface area contributed by atoms with E-state index in [4.69, 9.17) is 14.9 Å². The summed E-state index contributed by atoms with van der Waals surface area (Å²) in [5.41, 5.74) is 12.1. The first-order valence-electron chi connectivity index (χ1n) is 16.8. The van der Waals surface area contributed by atoms with Crippen LogP contribution in [0.1, 0.15) is 101 Å². The Labute approximate surface area is 299 Å². The van der Waals surface area contributed by atoms with Crippen LogP contribution in [0.3, 0.4) is 0 Å². The van der Waals surface area contributed by atoms with Gasteiger partial charge in [0, 0.05) is 35.7 Å². The Morgan fingerprint density at radius 1 is 0.479 bits per heavy atom. The second kappa shape index (κ2) is 14.9. The Kier molecular flexibility index (Phi) is 10.9. The molecule has 0 saturated carbocycles. The van der Waals surface area contributed by atoms with Crippen LogP contribution in [0.2, 0.25) is 0 Å². The number of aromatic nitrogens is 4. The van der Waals surface area contributed by atoms with E-state index in [2.05, 4.69) is 116 Å². The average molecular weight is 729 g/mol. The number of ether oxygens (including phenoxy) is 1. The molecular formula is C42H46N4OPd+2. The summed E-state index contributed by atoms with van der Waals surface area (Å²) in [5.74, 6) is 3.16. The van der Waals surface area contributed by atoms with Gasteiger partial charge in [0.15, 0.2) is 0 Å². The number of nitrogens with zero attached hydrogens (tertiary/aromatic N) is 4. The summed E-state index contributed by atoms with van der Waals surface area (Å²) in [6.07, 6.45) is 8.22. The van der Waals surface area contributed by atoms with Crippen molar-refractivity contribution in [3.05, 3.63) is 132 Å². The molecule has 2 heterocycles. The molecule has 0 unspecified atom stereocenters. The Hall–Kier alpha value is -4.24. The largest absolute Gasteiger partial charge is 2.00 e. The molecule has 0 aliphatic rings. The van der Waals surface area contributed by atoms with Gasteiger partial charge >= 0.3 is 20.4 Å². The summed E-state index contributed by atoms with van der Waals surface area (Å²) in [6.45, 7) is 18.0. The van der Waals surface area contributed by atoms with Crippen LogP contribution in [-0.4, -0.2) is 19.6 Å². The first-order chi connectivity index (χ1) is 22.6. The molecular weight excluding hydrogens is 683 g/mol. The Morgan fingerprint density at radius 2 is 0.812 bits per heavy atom. The van der Waals surface area contributed by atoms with Crippen LogP contribution in [0, 0.1) is 0 Å². The minimum absolute atomic E-state index is 0. The molecule has 4 aromatic carbocycles. The predicted octanol–water partition coefficient (Wildman–Crippen LogP) is 11.7. The first-order valence-corrected chi connectivity index (χ1v) is 16.8. The third-order valence-electron chi connectivity index (χ3n) is 8.89. The Morgan fingerprint density at radius 3 is 1.15 bits per heavy atom. The summed E-state index contributed by atoms with van der Waals surface area (Å²) >= 11 is 0. The Balaban J connectivity index is 0.00000451. The molecule has 0 atom stereocenters. The average Bonchev–Trinajstić information content (AvgIpc) is 3.75. The van der Waals surface area contributed by atoms with E-state index < -0.39 is 0 Å². The topological polar surface area (TPSA) is 44.9 Å². The third-order valence-corrected chi connectivity index (χ3v) is 8.89. The maximum atomic E-state index is 6.41. The first kappa shape index (κ1) is 35.1. The molecule has 2 aromatic heterocycles. The summed E-state index contributed by atoms with van der Waals surface area (Å²) in [5, 5.41) is 9.55. The van der Waals surface area contributed by atoms with Crippen LogP contribution in [-0.2, 0) is 20.4 Å². The zero-order chi connectivity index (χ0) is 33.2. The zero-order valence-corrected chi connectivity index (χ0v) is 30.8. The van der Waals surface area contributed by atoms with Crippen molar-refractivity contribution >= 4 is 0 Å². The summed E-state index contributed by atoms with van der Waals surface area (Å²) in [7, 11) is 0. The minimum Gasteiger partial charge on any atom is -0.457 e. The van der Waals surface area contributed by atoms with Gasteiger partial charge in [0.25, 0.3) is 0 Å². The molecule has 6 rings (SSSR count). The van der Waals surface area contributed by atoms with Gasteiger partial charge in [-0.1, -0.05) is 104 Å². The van der Waals surface area contributed by atoms with Crippen LogP contribution in [0.25, 0.3) is 33.6 Å². The van der Waals surface area contributed by atoms with Crippen molar-refractivity contribution in [1.29, 1.82) is 0 Å². The van der Waals surface area contributed by atoms with Crippen molar-refractivity contribution in [3.8, 4) is 45.1 Å². The van der Waals surface area contributed by atoms with E-state index in [1.807, 2.05) is 58.2 Å². The van der Waals surface area contributed by atoms with Gasteiger partial charge < -0.3 is 4.74 Å². The van der Waals surface area contributed by atoms with Gasteiger partial charge in [0.1, 0.15) is 11.5 Å².